The maximum Gasteiger partial charge on any atom is 0.257 e. The van der Waals surface area contributed by atoms with Crippen LogP contribution < -0.4 is 11.5 Å². The molecule has 0 bridgehead atoms. The van der Waals surface area contributed by atoms with Gasteiger partial charge in [0.05, 0.1) is 5.41 Å². The second kappa shape index (κ2) is 6.70. The van der Waals surface area contributed by atoms with E-state index in [0.29, 0.717) is 11.6 Å². The quantitative estimate of drug-likeness (QED) is 0.514. The van der Waals surface area contributed by atoms with Gasteiger partial charge in [-0.05, 0) is 48.2 Å². The Morgan fingerprint density at radius 3 is 2.07 bits per heavy atom. The number of benzene rings is 2. The van der Waals surface area contributed by atoms with Gasteiger partial charge < -0.3 is 16.0 Å². The van der Waals surface area contributed by atoms with Gasteiger partial charge in [-0.2, -0.15) is 4.98 Å². The lowest BCUT2D eigenvalue weighted by atomic mass is 9.64. The van der Waals surface area contributed by atoms with E-state index >= 15 is 0 Å². The highest BCUT2D eigenvalue weighted by atomic mass is 16.5. The van der Waals surface area contributed by atoms with E-state index in [1.54, 1.807) is 12.4 Å². The third-order valence-electron chi connectivity index (χ3n) is 5.66. The summed E-state index contributed by atoms with van der Waals surface area (Å²) in [7, 11) is 0. The molecule has 7 heteroatoms. The third-order valence-corrected chi connectivity index (χ3v) is 5.66. The van der Waals surface area contributed by atoms with Gasteiger partial charge in [-0.3, -0.25) is 0 Å². The van der Waals surface area contributed by atoms with Gasteiger partial charge in [-0.25, -0.2) is 9.97 Å². The number of nitrogens with zero attached hydrogens (tertiary/aromatic N) is 4. The summed E-state index contributed by atoms with van der Waals surface area (Å²) in [6, 6.07) is 15.9. The molecule has 0 aliphatic heterocycles. The van der Waals surface area contributed by atoms with Crippen molar-refractivity contribution in [1.82, 2.24) is 20.1 Å². The van der Waals surface area contributed by atoms with Crippen molar-refractivity contribution >= 4 is 11.6 Å². The zero-order valence-electron chi connectivity index (χ0n) is 15.7. The van der Waals surface area contributed by atoms with Crippen molar-refractivity contribution < 1.29 is 4.52 Å². The Balaban J connectivity index is 1.46. The highest BCUT2D eigenvalue weighted by Crippen LogP contribution is 2.48. The second-order valence-corrected chi connectivity index (χ2v) is 7.39. The van der Waals surface area contributed by atoms with Crippen LogP contribution in [0.3, 0.4) is 0 Å². The van der Waals surface area contributed by atoms with Crippen LogP contribution >= 0.6 is 0 Å². The molecular formula is C22H20N6O. The minimum absolute atomic E-state index is 0.203. The van der Waals surface area contributed by atoms with Crippen molar-refractivity contribution in [2.75, 3.05) is 11.5 Å². The Labute approximate surface area is 167 Å². The van der Waals surface area contributed by atoms with Crippen LogP contribution in [-0.2, 0) is 5.41 Å². The Kier molecular flexibility index (Phi) is 4.01. The predicted octanol–water partition coefficient (Wildman–Crippen LogP) is 3.83. The molecule has 4 aromatic rings. The van der Waals surface area contributed by atoms with E-state index in [1.165, 1.54) is 5.56 Å². The van der Waals surface area contributed by atoms with E-state index < -0.39 is 0 Å². The minimum atomic E-state index is -0.203. The van der Waals surface area contributed by atoms with Crippen LogP contribution in [0, 0.1) is 0 Å². The van der Waals surface area contributed by atoms with Gasteiger partial charge in [0, 0.05) is 29.2 Å². The molecule has 29 heavy (non-hydrogen) atoms. The molecule has 144 valence electrons. The van der Waals surface area contributed by atoms with Crippen LogP contribution in [0.15, 0.2) is 65.4 Å². The van der Waals surface area contributed by atoms with Crippen molar-refractivity contribution in [1.29, 1.82) is 0 Å². The maximum absolute atomic E-state index is 5.77. The van der Waals surface area contributed by atoms with Gasteiger partial charge in [0.1, 0.15) is 0 Å². The smallest absolute Gasteiger partial charge is 0.257 e. The van der Waals surface area contributed by atoms with Gasteiger partial charge >= 0.3 is 0 Å². The lowest BCUT2D eigenvalue weighted by Gasteiger charge is -2.39. The fourth-order valence-corrected chi connectivity index (χ4v) is 3.80. The van der Waals surface area contributed by atoms with Crippen LogP contribution in [-0.4, -0.2) is 20.1 Å². The first kappa shape index (κ1) is 17.4. The number of anilines is 2. The molecule has 4 N–H and O–H groups in total. The standard InChI is InChI=1S/C22H20N6O/c23-18-8-4-15(5-9-18)19-27-20(28-29-19)22(10-1-11-22)17-6-2-14(3-7-17)16-12-25-21(24)26-13-16/h2-9,12-13H,1,10-11,23H2,(H2,24,25,26). The summed E-state index contributed by atoms with van der Waals surface area (Å²) in [4.78, 5) is 12.8. The first-order valence-electron chi connectivity index (χ1n) is 9.53. The molecule has 2 aromatic heterocycles. The fraction of sp³-hybridized carbons (Fsp3) is 0.182. The normalized spacial score (nSPS) is 15.0. The number of aromatic nitrogens is 4. The molecule has 1 fully saturated rings. The van der Waals surface area contributed by atoms with Crippen LogP contribution in [0.1, 0.15) is 30.7 Å². The monoisotopic (exact) mass is 384 g/mol. The second-order valence-electron chi connectivity index (χ2n) is 7.39. The Bertz CT molecular complexity index is 1130. The molecule has 1 saturated carbocycles. The molecule has 2 heterocycles. The summed E-state index contributed by atoms with van der Waals surface area (Å²) >= 11 is 0. The van der Waals surface area contributed by atoms with Crippen molar-refractivity contribution in [3.05, 3.63) is 72.3 Å². The van der Waals surface area contributed by atoms with E-state index in [9.17, 15) is 0 Å². The molecule has 1 aliphatic carbocycles. The molecule has 0 unspecified atom stereocenters. The molecule has 0 spiro atoms. The van der Waals surface area contributed by atoms with E-state index in [4.69, 9.17) is 21.0 Å². The zero-order chi connectivity index (χ0) is 19.8. The van der Waals surface area contributed by atoms with Crippen molar-refractivity contribution in [2.24, 2.45) is 0 Å². The molecule has 7 nitrogen and oxygen atoms in total. The summed E-state index contributed by atoms with van der Waals surface area (Å²) in [5, 5.41) is 4.32. The molecule has 0 radical (unpaired) electrons. The van der Waals surface area contributed by atoms with Crippen LogP contribution in [0.4, 0.5) is 11.6 Å². The van der Waals surface area contributed by atoms with Gasteiger partial charge in [0.15, 0.2) is 5.82 Å². The number of nitrogens with two attached hydrogens (primary N) is 2. The summed E-state index contributed by atoms with van der Waals surface area (Å²) in [6.45, 7) is 0. The number of hydrogen-bond donors (Lipinski definition) is 2. The van der Waals surface area contributed by atoms with Gasteiger partial charge in [-0.1, -0.05) is 35.8 Å². The molecule has 0 saturated heterocycles. The van der Waals surface area contributed by atoms with Crippen LogP contribution in [0.2, 0.25) is 0 Å². The average Bonchev–Trinajstić information content (AvgIpc) is 3.19. The Hall–Kier alpha value is -3.74. The maximum atomic E-state index is 5.77. The van der Waals surface area contributed by atoms with Crippen LogP contribution in [0.5, 0.6) is 0 Å². The van der Waals surface area contributed by atoms with E-state index in [2.05, 4.69) is 39.4 Å². The van der Waals surface area contributed by atoms with Gasteiger partial charge in [-0.15, -0.1) is 0 Å². The minimum Gasteiger partial charge on any atom is -0.399 e. The molecule has 0 amide bonds. The van der Waals surface area contributed by atoms with Gasteiger partial charge in [0.25, 0.3) is 5.89 Å². The van der Waals surface area contributed by atoms with E-state index in [0.717, 1.165) is 41.8 Å². The summed E-state index contributed by atoms with van der Waals surface area (Å²) in [5.41, 5.74) is 15.9. The highest BCUT2D eigenvalue weighted by molar-refractivity contribution is 5.63. The lowest BCUT2D eigenvalue weighted by Crippen LogP contribution is -2.36. The SMILES string of the molecule is Nc1ccc(-c2nc(C3(c4ccc(-c5cnc(N)nc5)cc4)CCC3)no2)cc1. The zero-order valence-corrected chi connectivity index (χ0v) is 15.7. The van der Waals surface area contributed by atoms with Crippen LogP contribution in [0.25, 0.3) is 22.6 Å². The number of nitrogen functional groups attached to an aromatic ring is 2. The molecule has 5 rings (SSSR count). The lowest BCUT2D eigenvalue weighted by molar-refractivity contribution is 0.273. The topological polar surface area (TPSA) is 117 Å². The highest BCUT2D eigenvalue weighted by Gasteiger charge is 2.44. The largest absolute Gasteiger partial charge is 0.399 e. The van der Waals surface area contributed by atoms with E-state index in [1.807, 2.05) is 24.3 Å². The summed E-state index contributed by atoms with van der Waals surface area (Å²) < 4.78 is 5.57. The van der Waals surface area contributed by atoms with Gasteiger partial charge in [0.2, 0.25) is 5.95 Å². The van der Waals surface area contributed by atoms with Crippen molar-refractivity contribution in [3.63, 3.8) is 0 Å². The first-order valence-corrected chi connectivity index (χ1v) is 9.53. The number of hydrogen-bond acceptors (Lipinski definition) is 7. The molecule has 0 atom stereocenters. The average molecular weight is 384 g/mol. The van der Waals surface area contributed by atoms with Crippen molar-refractivity contribution in [2.45, 2.75) is 24.7 Å². The first-order chi connectivity index (χ1) is 14.1. The molecular weight excluding hydrogens is 364 g/mol. The Morgan fingerprint density at radius 1 is 0.793 bits per heavy atom. The molecule has 1 aliphatic rings. The molecule has 2 aromatic carbocycles. The Morgan fingerprint density at radius 2 is 1.45 bits per heavy atom. The number of rotatable bonds is 4. The summed E-state index contributed by atoms with van der Waals surface area (Å²) in [6.07, 6.45) is 6.60. The summed E-state index contributed by atoms with van der Waals surface area (Å²) in [5.74, 6) is 1.52. The van der Waals surface area contributed by atoms with Crippen molar-refractivity contribution in [3.8, 4) is 22.6 Å². The van der Waals surface area contributed by atoms with E-state index in [-0.39, 0.29) is 11.4 Å². The fourth-order valence-electron chi connectivity index (χ4n) is 3.80. The predicted molar refractivity (Wildman–Crippen MR) is 111 cm³/mol. The third kappa shape index (κ3) is 3.00.